The van der Waals surface area contributed by atoms with Gasteiger partial charge in [0.05, 0.1) is 17.1 Å². The van der Waals surface area contributed by atoms with Gasteiger partial charge in [0, 0.05) is 11.9 Å². The molecule has 0 unspecified atom stereocenters. The van der Waals surface area contributed by atoms with Gasteiger partial charge in [0.2, 0.25) is 0 Å². The molecule has 0 aliphatic heterocycles. The van der Waals surface area contributed by atoms with E-state index in [2.05, 4.69) is 11.2 Å². The first-order valence-electron chi connectivity index (χ1n) is 6.65. The molecule has 0 saturated heterocycles. The second-order valence-electron chi connectivity index (χ2n) is 5.57. The normalized spacial score (nSPS) is 11.9. The Morgan fingerprint density at radius 3 is 2.79 bits per heavy atom. The van der Waals surface area contributed by atoms with Gasteiger partial charge in [-0.3, -0.25) is 9.48 Å². The molecule has 0 amide bonds. The fourth-order valence-electron chi connectivity index (χ4n) is 2.14. The quantitative estimate of drug-likeness (QED) is 0.811. The highest BCUT2D eigenvalue weighted by Gasteiger charge is 2.25. The summed E-state index contributed by atoms with van der Waals surface area (Å²) in [5.74, 6) is -0.725. The lowest BCUT2D eigenvalue weighted by atomic mass is 9.87. The van der Waals surface area contributed by atoms with E-state index in [1.54, 1.807) is 13.8 Å². The van der Waals surface area contributed by atoms with Crippen molar-refractivity contribution in [2.75, 3.05) is 0 Å². The number of para-hydroxylation sites is 1. The summed E-state index contributed by atoms with van der Waals surface area (Å²) < 4.78 is 1.99. The topological polar surface area (TPSA) is 55.1 Å². The summed E-state index contributed by atoms with van der Waals surface area (Å²) in [7, 11) is 0. The summed E-state index contributed by atoms with van der Waals surface area (Å²) in [5, 5.41) is 14.6. The zero-order valence-corrected chi connectivity index (χ0v) is 11.5. The second kappa shape index (κ2) is 5.43. The van der Waals surface area contributed by atoms with Crippen LogP contribution in [0.5, 0.6) is 0 Å². The van der Waals surface area contributed by atoms with Gasteiger partial charge < -0.3 is 5.11 Å². The number of unbranched alkanes of at least 4 members (excludes halogenated alkanes) is 1. The molecular weight excluding hydrogens is 240 g/mol. The third-order valence-corrected chi connectivity index (χ3v) is 3.55. The maximum absolute atomic E-state index is 11.0. The molecule has 1 aromatic heterocycles. The number of aromatic nitrogens is 2. The summed E-state index contributed by atoms with van der Waals surface area (Å²) in [6.45, 7) is 4.39. The van der Waals surface area contributed by atoms with Crippen LogP contribution in [0.3, 0.4) is 0 Å². The Kier molecular flexibility index (Phi) is 3.88. The van der Waals surface area contributed by atoms with Crippen molar-refractivity contribution in [1.29, 1.82) is 0 Å². The summed E-state index contributed by atoms with van der Waals surface area (Å²) in [5.41, 5.74) is 0.506. The number of carboxylic acid groups (broad SMARTS) is 1. The zero-order valence-electron chi connectivity index (χ0n) is 11.5. The Morgan fingerprint density at radius 2 is 2.05 bits per heavy atom. The van der Waals surface area contributed by atoms with Crippen molar-refractivity contribution < 1.29 is 9.90 Å². The van der Waals surface area contributed by atoms with Crippen LogP contribution in [0.15, 0.2) is 30.5 Å². The van der Waals surface area contributed by atoms with Gasteiger partial charge >= 0.3 is 5.97 Å². The van der Waals surface area contributed by atoms with E-state index in [4.69, 9.17) is 5.11 Å². The van der Waals surface area contributed by atoms with Crippen molar-refractivity contribution in [3.05, 3.63) is 30.5 Å². The van der Waals surface area contributed by atoms with Gasteiger partial charge in [-0.05, 0) is 32.8 Å². The predicted octanol–water partition coefficient (Wildman–Crippen LogP) is 3.32. The van der Waals surface area contributed by atoms with E-state index in [1.807, 2.05) is 29.1 Å². The van der Waals surface area contributed by atoms with Crippen molar-refractivity contribution in [3.8, 4) is 0 Å². The van der Waals surface area contributed by atoms with Crippen LogP contribution in [-0.4, -0.2) is 20.9 Å². The minimum atomic E-state index is -0.725. The van der Waals surface area contributed by atoms with Crippen LogP contribution in [0.25, 0.3) is 10.9 Å². The molecule has 0 bridgehead atoms. The largest absolute Gasteiger partial charge is 0.481 e. The fourth-order valence-corrected chi connectivity index (χ4v) is 2.14. The first-order chi connectivity index (χ1) is 9.00. The van der Waals surface area contributed by atoms with Gasteiger partial charge in [0.15, 0.2) is 0 Å². The van der Waals surface area contributed by atoms with Crippen LogP contribution < -0.4 is 0 Å². The van der Waals surface area contributed by atoms with Crippen molar-refractivity contribution in [1.82, 2.24) is 9.78 Å². The fraction of sp³-hybridized carbons (Fsp3) is 0.467. The minimum Gasteiger partial charge on any atom is -0.481 e. The lowest BCUT2D eigenvalue weighted by Gasteiger charge is -2.18. The summed E-state index contributed by atoms with van der Waals surface area (Å²) >= 11 is 0. The SMILES string of the molecule is CC(C)(CCCCn1ncc2ccccc21)C(=O)O. The van der Waals surface area contributed by atoms with Crippen molar-refractivity contribution in [2.45, 2.75) is 39.7 Å². The lowest BCUT2D eigenvalue weighted by Crippen LogP contribution is -2.23. The van der Waals surface area contributed by atoms with E-state index in [-0.39, 0.29) is 0 Å². The Morgan fingerprint density at radius 1 is 1.32 bits per heavy atom. The van der Waals surface area contributed by atoms with Crippen LogP contribution in [0.4, 0.5) is 0 Å². The summed E-state index contributed by atoms with van der Waals surface area (Å²) in [6, 6.07) is 8.12. The van der Waals surface area contributed by atoms with E-state index < -0.39 is 11.4 Å². The number of hydrogen-bond donors (Lipinski definition) is 1. The van der Waals surface area contributed by atoms with Crippen LogP contribution in [-0.2, 0) is 11.3 Å². The van der Waals surface area contributed by atoms with Crippen LogP contribution in [0.1, 0.15) is 33.1 Å². The number of nitrogens with zero attached hydrogens (tertiary/aromatic N) is 2. The maximum atomic E-state index is 11.0. The number of aliphatic carboxylic acids is 1. The van der Waals surface area contributed by atoms with E-state index in [0.717, 1.165) is 30.3 Å². The van der Waals surface area contributed by atoms with E-state index >= 15 is 0 Å². The third kappa shape index (κ3) is 3.13. The molecule has 0 atom stereocenters. The summed E-state index contributed by atoms with van der Waals surface area (Å²) in [6.07, 6.45) is 4.41. The molecule has 1 N–H and O–H groups in total. The van der Waals surface area contributed by atoms with E-state index in [1.165, 1.54) is 0 Å². The molecule has 0 spiro atoms. The van der Waals surface area contributed by atoms with Gasteiger partial charge in [-0.25, -0.2) is 0 Å². The Labute approximate surface area is 113 Å². The monoisotopic (exact) mass is 260 g/mol. The molecule has 2 aromatic rings. The summed E-state index contributed by atoms with van der Waals surface area (Å²) in [4.78, 5) is 11.0. The number of hydrogen-bond acceptors (Lipinski definition) is 2. The molecule has 4 heteroatoms. The van der Waals surface area contributed by atoms with Gasteiger partial charge in [0.25, 0.3) is 0 Å². The minimum absolute atomic E-state index is 0.633. The molecule has 1 aromatic carbocycles. The molecule has 1 heterocycles. The molecule has 0 saturated carbocycles. The first-order valence-corrected chi connectivity index (χ1v) is 6.65. The molecule has 0 aliphatic carbocycles. The molecule has 0 radical (unpaired) electrons. The Balaban J connectivity index is 1.88. The predicted molar refractivity (Wildman–Crippen MR) is 75.0 cm³/mol. The number of rotatable bonds is 6. The van der Waals surface area contributed by atoms with Crippen molar-refractivity contribution in [3.63, 3.8) is 0 Å². The number of carboxylic acids is 1. The number of carbonyl (C=O) groups is 1. The van der Waals surface area contributed by atoms with Gasteiger partial charge in [0.1, 0.15) is 0 Å². The molecule has 19 heavy (non-hydrogen) atoms. The molecule has 0 aliphatic rings. The number of benzene rings is 1. The standard InChI is InChI=1S/C15H20N2O2/c1-15(2,14(18)19)9-5-6-10-17-13-8-4-3-7-12(13)11-16-17/h3-4,7-8,11H,5-6,9-10H2,1-2H3,(H,18,19). The Bertz CT molecular complexity index is 572. The van der Waals surface area contributed by atoms with Gasteiger partial charge in [-0.1, -0.05) is 24.6 Å². The van der Waals surface area contributed by atoms with E-state index in [0.29, 0.717) is 6.42 Å². The highest BCUT2D eigenvalue weighted by atomic mass is 16.4. The van der Waals surface area contributed by atoms with Gasteiger partial charge in [-0.15, -0.1) is 0 Å². The van der Waals surface area contributed by atoms with Crippen LogP contribution >= 0.6 is 0 Å². The Hall–Kier alpha value is -1.84. The average Bonchev–Trinajstić information content (AvgIpc) is 2.78. The lowest BCUT2D eigenvalue weighted by molar-refractivity contribution is -0.147. The number of fused-ring (bicyclic) bond motifs is 1. The third-order valence-electron chi connectivity index (χ3n) is 3.55. The average molecular weight is 260 g/mol. The van der Waals surface area contributed by atoms with Crippen LogP contribution in [0.2, 0.25) is 0 Å². The van der Waals surface area contributed by atoms with Crippen molar-refractivity contribution in [2.24, 2.45) is 5.41 Å². The van der Waals surface area contributed by atoms with Crippen molar-refractivity contribution >= 4 is 16.9 Å². The molecule has 4 nitrogen and oxygen atoms in total. The highest BCUT2D eigenvalue weighted by molar-refractivity contribution is 5.78. The van der Waals surface area contributed by atoms with Crippen LogP contribution in [0, 0.1) is 5.41 Å². The first kappa shape index (κ1) is 13.6. The molecule has 2 rings (SSSR count). The molecule has 102 valence electrons. The maximum Gasteiger partial charge on any atom is 0.309 e. The van der Waals surface area contributed by atoms with Gasteiger partial charge in [-0.2, -0.15) is 5.10 Å². The molecular formula is C15H20N2O2. The molecule has 0 fully saturated rings. The smallest absolute Gasteiger partial charge is 0.309 e. The zero-order chi connectivity index (χ0) is 13.9. The van der Waals surface area contributed by atoms with E-state index in [9.17, 15) is 4.79 Å². The second-order valence-corrected chi connectivity index (χ2v) is 5.57. The number of aryl methyl sites for hydroxylation is 1. The highest BCUT2D eigenvalue weighted by Crippen LogP contribution is 2.23.